The molecule has 2 N–H and O–H groups in total. The van der Waals surface area contributed by atoms with Crippen LogP contribution in [0.2, 0.25) is 10.0 Å². The molecule has 0 fully saturated rings. The van der Waals surface area contributed by atoms with Crippen LogP contribution < -0.4 is 10.5 Å². The van der Waals surface area contributed by atoms with E-state index >= 15 is 0 Å². The van der Waals surface area contributed by atoms with Gasteiger partial charge in [-0.15, -0.1) is 0 Å². The summed E-state index contributed by atoms with van der Waals surface area (Å²) in [6, 6.07) is 3.51. The number of ether oxygens (including phenoxy) is 1. The lowest BCUT2D eigenvalue weighted by atomic mass is 10.1. The maximum Gasteiger partial charge on any atom is 0.141 e. The van der Waals surface area contributed by atoms with E-state index in [1.54, 1.807) is 12.3 Å². The van der Waals surface area contributed by atoms with Crippen molar-refractivity contribution in [2.75, 3.05) is 6.54 Å². The highest BCUT2D eigenvalue weighted by atomic mass is 35.5. The Morgan fingerprint density at radius 2 is 2.15 bits per heavy atom. The number of nitrogens with zero attached hydrogens (tertiary/aromatic N) is 2. The topological polar surface area (TPSA) is 53.1 Å². The summed E-state index contributed by atoms with van der Waals surface area (Å²) in [6.07, 6.45) is 4.41. The van der Waals surface area contributed by atoms with Crippen LogP contribution in [0, 0.1) is 0 Å². The maximum atomic E-state index is 6.20. The van der Waals surface area contributed by atoms with Crippen molar-refractivity contribution < 1.29 is 4.74 Å². The van der Waals surface area contributed by atoms with Crippen molar-refractivity contribution in [2.24, 2.45) is 5.73 Å². The fourth-order valence-corrected chi connectivity index (χ4v) is 2.52. The van der Waals surface area contributed by atoms with Gasteiger partial charge >= 0.3 is 0 Å². The van der Waals surface area contributed by atoms with Crippen LogP contribution in [0.3, 0.4) is 0 Å². The Morgan fingerprint density at radius 1 is 1.35 bits per heavy atom. The molecule has 4 nitrogen and oxygen atoms in total. The van der Waals surface area contributed by atoms with Crippen molar-refractivity contribution in [1.29, 1.82) is 0 Å². The van der Waals surface area contributed by atoms with Crippen LogP contribution in [0.5, 0.6) is 5.75 Å². The summed E-state index contributed by atoms with van der Waals surface area (Å²) in [5, 5.41) is 5.30. The van der Waals surface area contributed by atoms with Gasteiger partial charge in [0.15, 0.2) is 0 Å². The summed E-state index contributed by atoms with van der Waals surface area (Å²) in [5.74, 6) is 0.644. The second-order valence-corrected chi connectivity index (χ2v) is 5.25. The monoisotopic (exact) mass is 313 g/mol. The van der Waals surface area contributed by atoms with E-state index in [0.717, 1.165) is 17.7 Å². The van der Waals surface area contributed by atoms with E-state index in [1.807, 2.05) is 23.9 Å². The van der Waals surface area contributed by atoms with Gasteiger partial charge < -0.3 is 10.5 Å². The zero-order valence-electron chi connectivity index (χ0n) is 11.3. The highest BCUT2D eigenvalue weighted by molar-refractivity contribution is 6.35. The average molecular weight is 314 g/mol. The Kier molecular flexibility index (Phi) is 5.29. The first kappa shape index (κ1) is 15.2. The molecule has 0 aliphatic heterocycles. The molecule has 2 aromatic rings. The van der Waals surface area contributed by atoms with E-state index in [4.69, 9.17) is 33.7 Å². The van der Waals surface area contributed by atoms with Crippen LogP contribution in [0.25, 0.3) is 0 Å². The van der Waals surface area contributed by atoms with Gasteiger partial charge in [-0.3, -0.25) is 4.68 Å². The SMILES string of the molecule is CCn1cc(COc2c(Cl)cc(Cl)cc2CCN)cn1. The molecular weight excluding hydrogens is 297 g/mol. The Balaban J connectivity index is 2.15. The molecule has 0 unspecified atom stereocenters. The van der Waals surface area contributed by atoms with E-state index < -0.39 is 0 Å². The highest BCUT2D eigenvalue weighted by Gasteiger charge is 2.11. The Hall–Kier alpha value is -1.23. The van der Waals surface area contributed by atoms with Gasteiger partial charge in [0, 0.05) is 23.3 Å². The molecule has 6 heteroatoms. The summed E-state index contributed by atoms with van der Waals surface area (Å²) in [6.45, 7) is 3.80. The molecule has 108 valence electrons. The number of rotatable bonds is 6. The second kappa shape index (κ2) is 6.97. The largest absolute Gasteiger partial charge is 0.487 e. The smallest absolute Gasteiger partial charge is 0.141 e. The van der Waals surface area contributed by atoms with E-state index in [0.29, 0.717) is 35.4 Å². The van der Waals surface area contributed by atoms with Gasteiger partial charge in [0.05, 0.1) is 11.2 Å². The van der Waals surface area contributed by atoms with Crippen molar-refractivity contribution in [3.8, 4) is 5.75 Å². The zero-order valence-corrected chi connectivity index (χ0v) is 12.8. The van der Waals surface area contributed by atoms with Gasteiger partial charge in [0.1, 0.15) is 12.4 Å². The Morgan fingerprint density at radius 3 is 2.80 bits per heavy atom. The fourth-order valence-electron chi connectivity index (χ4n) is 1.93. The molecule has 2 rings (SSSR count). The van der Waals surface area contributed by atoms with E-state index in [-0.39, 0.29) is 0 Å². The number of nitrogens with two attached hydrogens (primary N) is 1. The molecule has 0 bridgehead atoms. The van der Waals surface area contributed by atoms with Gasteiger partial charge in [-0.25, -0.2) is 0 Å². The van der Waals surface area contributed by atoms with Crippen LogP contribution in [0.4, 0.5) is 0 Å². The quantitative estimate of drug-likeness (QED) is 0.890. The molecule has 0 aliphatic rings. The number of aryl methyl sites for hydroxylation is 1. The molecule has 0 saturated carbocycles. The molecule has 1 heterocycles. The third kappa shape index (κ3) is 3.66. The third-order valence-corrected chi connectivity index (χ3v) is 3.39. The number of hydrogen-bond acceptors (Lipinski definition) is 3. The molecule has 0 atom stereocenters. The normalized spacial score (nSPS) is 10.8. The molecule has 0 saturated heterocycles. The van der Waals surface area contributed by atoms with E-state index in [9.17, 15) is 0 Å². The number of benzene rings is 1. The summed E-state index contributed by atoms with van der Waals surface area (Å²) < 4.78 is 7.67. The minimum atomic E-state index is 0.416. The summed E-state index contributed by atoms with van der Waals surface area (Å²) >= 11 is 12.2. The molecule has 0 amide bonds. The molecule has 0 spiro atoms. The first-order chi connectivity index (χ1) is 9.63. The second-order valence-electron chi connectivity index (χ2n) is 4.41. The van der Waals surface area contributed by atoms with Gasteiger partial charge in [-0.05, 0) is 37.6 Å². The molecule has 1 aromatic carbocycles. The first-order valence-electron chi connectivity index (χ1n) is 6.46. The lowest BCUT2D eigenvalue weighted by molar-refractivity contribution is 0.303. The molecule has 1 aromatic heterocycles. The third-order valence-electron chi connectivity index (χ3n) is 2.89. The van der Waals surface area contributed by atoms with Crippen LogP contribution in [-0.2, 0) is 19.6 Å². The van der Waals surface area contributed by atoms with Crippen LogP contribution >= 0.6 is 23.2 Å². The number of hydrogen-bond donors (Lipinski definition) is 1. The summed E-state index contributed by atoms with van der Waals surface area (Å²) in [7, 11) is 0. The van der Waals surface area contributed by atoms with Gasteiger partial charge in [-0.2, -0.15) is 5.10 Å². The van der Waals surface area contributed by atoms with Crippen molar-refractivity contribution in [3.05, 3.63) is 45.7 Å². The van der Waals surface area contributed by atoms with Gasteiger partial charge in [0.2, 0.25) is 0 Å². The molecular formula is C14H17Cl2N3O. The zero-order chi connectivity index (χ0) is 14.5. The first-order valence-corrected chi connectivity index (χ1v) is 7.21. The summed E-state index contributed by atoms with van der Waals surface area (Å²) in [5.41, 5.74) is 7.52. The number of aromatic nitrogens is 2. The standard InChI is InChI=1S/C14H17Cl2N3O/c1-2-19-8-10(7-18-19)9-20-14-11(3-4-17)5-12(15)6-13(14)16/h5-8H,2-4,9,17H2,1H3. The predicted molar refractivity (Wildman–Crippen MR) is 81.5 cm³/mol. The van der Waals surface area contributed by atoms with Crippen molar-refractivity contribution in [1.82, 2.24) is 9.78 Å². The maximum absolute atomic E-state index is 6.20. The van der Waals surface area contributed by atoms with Crippen molar-refractivity contribution in [2.45, 2.75) is 26.5 Å². The van der Waals surface area contributed by atoms with Gasteiger partial charge in [0.25, 0.3) is 0 Å². The highest BCUT2D eigenvalue weighted by Crippen LogP contribution is 2.33. The summed E-state index contributed by atoms with van der Waals surface area (Å²) in [4.78, 5) is 0. The molecule has 0 radical (unpaired) electrons. The van der Waals surface area contributed by atoms with Crippen LogP contribution in [-0.4, -0.2) is 16.3 Å². The minimum Gasteiger partial charge on any atom is -0.487 e. The minimum absolute atomic E-state index is 0.416. The van der Waals surface area contributed by atoms with Crippen LogP contribution in [0.1, 0.15) is 18.1 Å². The molecule has 0 aliphatic carbocycles. The molecule has 20 heavy (non-hydrogen) atoms. The van der Waals surface area contributed by atoms with Crippen LogP contribution in [0.15, 0.2) is 24.5 Å². The predicted octanol–water partition coefficient (Wildman–Crippen LogP) is 3.29. The average Bonchev–Trinajstić information content (AvgIpc) is 2.86. The Labute approximate surface area is 128 Å². The number of halogens is 2. The van der Waals surface area contributed by atoms with Crippen molar-refractivity contribution in [3.63, 3.8) is 0 Å². The van der Waals surface area contributed by atoms with E-state index in [1.165, 1.54) is 0 Å². The Bertz CT molecular complexity index is 584. The fraction of sp³-hybridized carbons (Fsp3) is 0.357. The lowest BCUT2D eigenvalue weighted by Gasteiger charge is -2.13. The van der Waals surface area contributed by atoms with Gasteiger partial charge in [-0.1, -0.05) is 23.2 Å². The lowest BCUT2D eigenvalue weighted by Crippen LogP contribution is -2.06. The van der Waals surface area contributed by atoms with E-state index in [2.05, 4.69) is 5.10 Å². The van der Waals surface area contributed by atoms with Crippen molar-refractivity contribution >= 4 is 23.2 Å².